The third-order valence-corrected chi connectivity index (χ3v) is 2.74. The van der Waals surface area contributed by atoms with Gasteiger partial charge >= 0.3 is 0 Å². The van der Waals surface area contributed by atoms with Gasteiger partial charge in [0.2, 0.25) is 0 Å². The summed E-state index contributed by atoms with van der Waals surface area (Å²) in [4.78, 5) is 38.2. The van der Waals surface area contributed by atoms with Crippen molar-refractivity contribution in [1.29, 1.82) is 0 Å². The van der Waals surface area contributed by atoms with Crippen LogP contribution in [0.25, 0.3) is 0 Å². The molecule has 2 aromatic rings. The molecule has 0 amide bonds. The molecule has 2 rings (SSSR count). The first-order valence-corrected chi connectivity index (χ1v) is 6.00. The van der Waals surface area contributed by atoms with E-state index in [2.05, 4.69) is 19.6 Å². The zero-order valence-corrected chi connectivity index (χ0v) is 11.0. The monoisotopic (exact) mass is 306 g/mol. The second kappa shape index (κ2) is 6.92. The number of pyridine rings is 2. The molecule has 0 aliphatic heterocycles. The van der Waals surface area contributed by atoms with Crippen LogP contribution in [0.4, 0.5) is 0 Å². The number of hydrogen-bond donors (Lipinski definition) is 0. The zero-order chi connectivity index (χ0) is 15.9. The van der Waals surface area contributed by atoms with Crippen molar-refractivity contribution in [2.24, 2.45) is 0 Å². The van der Waals surface area contributed by atoms with E-state index in [0.29, 0.717) is 11.1 Å². The Morgan fingerprint density at radius 2 is 1.09 bits per heavy atom. The van der Waals surface area contributed by atoms with E-state index in [9.17, 15) is 20.2 Å². The van der Waals surface area contributed by atoms with Crippen molar-refractivity contribution in [3.63, 3.8) is 0 Å². The number of aromatic nitrogens is 2. The summed E-state index contributed by atoms with van der Waals surface area (Å²) in [6.45, 7) is 0. The van der Waals surface area contributed by atoms with Crippen LogP contribution in [0.15, 0.2) is 49.1 Å². The summed E-state index contributed by atoms with van der Waals surface area (Å²) in [5.74, 6) is 0. The van der Waals surface area contributed by atoms with Gasteiger partial charge in [0.25, 0.3) is 10.2 Å². The molecule has 0 radical (unpaired) electrons. The quantitative estimate of drug-likeness (QED) is 0.557. The summed E-state index contributed by atoms with van der Waals surface area (Å²) in [6, 6.07) is 5.80. The van der Waals surface area contributed by atoms with Crippen LogP contribution in [0, 0.1) is 20.2 Å². The Hall–Kier alpha value is -3.30. The van der Waals surface area contributed by atoms with Crippen LogP contribution in [-0.4, -0.2) is 20.1 Å². The Balaban J connectivity index is 2.43. The third kappa shape index (κ3) is 3.85. The Morgan fingerprint density at radius 3 is 1.36 bits per heavy atom. The first-order valence-electron chi connectivity index (χ1n) is 6.00. The molecule has 2 heterocycles. The van der Waals surface area contributed by atoms with Crippen LogP contribution >= 0.6 is 0 Å². The lowest BCUT2D eigenvalue weighted by atomic mass is 10.00. The Bertz CT molecular complexity index is 581. The minimum Gasteiger partial charge on any atom is -0.303 e. The van der Waals surface area contributed by atoms with E-state index in [1.165, 1.54) is 49.1 Å². The molecule has 0 aliphatic carbocycles. The molecular formula is C12H10N4O6. The second-order valence-corrected chi connectivity index (χ2v) is 4.06. The maximum atomic E-state index is 10.7. The van der Waals surface area contributed by atoms with E-state index < -0.39 is 22.4 Å². The molecule has 0 spiro atoms. The van der Waals surface area contributed by atoms with Crippen molar-refractivity contribution in [3.8, 4) is 0 Å². The van der Waals surface area contributed by atoms with E-state index in [1.807, 2.05) is 0 Å². The maximum Gasteiger partial charge on any atom is 0.295 e. The van der Waals surface area contributed by atoms with Gasteiger partial charge in [-0.05, 0) is 35.4 Å². The average molecular weight is 306 g/mol. The van der Waals surface area contributed by atoms with E-state index in [0.717, 1.165) is 0 Å². The van der Waals surface area contributed by atoms with Crippen LogP contribution in [0.3, 0.4) is 0 Å². The maximum absolute atomic E-state index is 10.7. The van der Waals surface area contributed by atoms with Gasteiger partial charge in [0.15, 0.2) is 12.2 Å². The highest BCUT2D eigenvalue weighted by atomic mass is 17.0. The largest absolute Gasteiger partial charge is 0.303 e. The summed E-state index contributed by atoms with van der Waals surface area (Å²) in [7, 11) is 0. The fourth-order valence-corrected chi connectivity index (χ4v) is 1.87. The molecule has 0 aliphatic rings. The summed E-state index contributed by atoms with van der Waals surface area (Å²) in [6.07, 6.45) is 2.91. The lowest BCUT2D eigenvalue weighted by Crippen LogP contribution is -2.22. The van der Waals surface area contributed by atoms with E-state index in [-0.39, 0.29) is 0 Å². The van der Waals surface area contributed by atoms with E-state index in [1.54, 1.807) is 0 Å². The molecule has 0 fully saturated rings. The number of nitrogens with zero attached hydrogens (tertiary/aromatic N) is 4. The highest BCUT2D eigenvalue weighted by Gasteiger charge is 2.31. The predicted molar refractivity (Wildman–Crippen MR) is 70.1 cm³/mol. The minimum absolute atomic E-state index is 0.315. The van der Waals surface area contributed by atoms with Crippen LogP contribution < -0.4 is 0 Å². The standard InChI is InChI=1S/C12H10N4O6/c17-15(18)21-11(9-1-5-13-6-2-9)12(22-16(19)20)10-3-7-14-8-4-10/h1-8,11-12H/t11-,12+. The number of hydrogen-bond acceptors (Lipinski definition) is 8. The van der Waals surface area contributed by atoms with Gasteiger partial charge in [-0.1, -0.05) is 0 Å². The van der Waals surface area contributed by atoms with Crippen molar-refractivity contribution >= 4 is 0 Å². The molecule has 0 aromatic carbocycles. The molecule has 0 N–H and O–H groups in total. The Labute approximate surface area is 123 Å². The molecule has 0 saturated carbocycles. The van der Waals surface area contributed by atoms with Gasteiger partial charge in [-0.3, -0.25) is 9.97 Å². The van der Waals surface area contributed by atoms with Gasteiger partial charge < -0.3 is 9.68 Å². The highest BCUT2D eigenvalue weighted by molar-refractivity contribution is 5.22. The lowest BCUT2D eigenvalue weighted by molar-refractivity contribution is -0.803. The van der Waals surface area contributed by atoms with E-state index in [4.69, 9.17) is 0 Å². The second-order valence-electron chi connectivity index (χ2n) is 4.06. The highest BCUT2D eigenvalue weighted by Crippen LogP contribution is 2.34. The predicted octanol–water partition coefficient (Wildman–Crippen LogP) is 1.68. The Kier molecular flexibility index (Phi) is 4.75. The van der Waals surface area contributed by atoms with Crippen LogP contribution in [0.1, 0.15) is 23.3 Å². The topological polar surface area (TPSA) is 131 Å². The molecule has 114 valence electrons. The van der Waals surface area contributed by atoms with Crippen LogP contribution in [0.2, 0.25) is 0 Å². The van der Waals surface area contributed by atoms with Crippen molar-refractivity contribution in [3.05, 3.63) is 80.4 Å². The van der Waals surface area contributed by atoms with Gasteiger partial charge in [0.1, 0.15) is 0 Å². The van der Waals surface area contributed by atoms with Gasteiger partial charge in [0.05, 0.1) is 0 Å². The molecule has 10 nitrogen and oxygen atoms in total. The normalized spacial score (nSPS) is 12.9. The van der Waals surface area contributed by atoms with Crippen molar-refractivity contribution in [1.82, 2.24) is 9.97 Å². The Morgan fingerprint density at radius 1 is 0.773 bits per heavy atom. The molecule has 0 unspecified atom stereocenters. The van der Waals surface area contributed by atoms with Crippen LogP contribution in [0.5, 0.6) is 0 Å². The molecule has 22 heavy (non-hydrogen) atoms. The number of rotatable bonds is 7. The molecule has 2 atom stereocenters. The van der Waals surface area contributed by atoms with Gasteiger partial charge in [-0.15, -0.1) is 20.2 Å². The zero-order valence-electron chi connectivity index (χ0n) is 11.0. The van der Waals surface area contributed by atoms with Crippen molar-refractivity contribution in [2.75, 3.05) is 0 Å². The minimum atomic E-state index is -1.33. The van der Waals surface area contributed by atoms with Crippen molar-refractivity contribution in [2.45, 2.75) is 12.2 Å². The average Bonchev–Trinajstić information content (AvgIpc) is 2.52. The first-order chi connectivity index (χ1) is 10.6. The van der Waals surface area contributed by atoms with Gasteiger partial charge in [0, 0.05) is 24.8 Å². The fraction of sp³-hybridized carbons (Fsp3) is 0.167. The third-order valence-electron chi connectivity index (χ3n) is 2.74. The smallest absolute Gasteiger partial charge is 0.295 e. The summed E-state index contributed by atoms with van der Waals surface area (Å²) >= 11 is 0. The first kappa shape index (κ1) is 15.1. The lowest BCUT2D eigenvalue weighted by Gasteiger charge is -2.24. The molecule has 10 heteroatoms. The molecule has 0 saturated heterocycles. The SMILES string of the molecule is O=[N+]([O-])O[C@H](c1ccncc1)[C@@H](O[N+](=O)[O-])c1ccncc1. The van der Waals surface area contributed by atoms with Crippen LogP contribution in [-0.2, 0) is 9.68 Å². The van der Waals surface area contributed by atoms with Gasteiger partial charge in [-0.2, -0.15) is 0 Å². The fourth-order valence-electron chi connectivity index (χ4n) is 1.87. The molecule has 2 aromatic heterocycles. The molecule has 0 bridgehead atoms. The van der Waals surface area contributed by atoms with Crippen molar-refractivity contribution < 1.29 is 19.8 Å². The van der Waals surface area contributed by atoms with Gasteiger partial charge in [-0.25, -0.2) is 0 Å². The summed E-state index contributed by atoms with van der Waals surface area (Å²) in [5, 5.41) is 19.4. The summed E-state index contributed by atoms with van der Waals surface area (Å²) < 4.78 is 0. The molecular weight excluding hydrogens is 296 g/mol. The summed E-state index contributed by atoms with van der Waals surface area (Å²) in [5.41, 5.74) is 0.630. The van der Waals surface area contributed by atoms with E-state index >= 15 is 0 Å².